The molecule has 0 atom stereocenters. The molecule has 3 nitrogen and oxygen atoms in total. The lowest BCUT2D eigenvalue weighted by Gasteiger charge is -1.89. The highest BCUT2D eigenvalue weighted by Gasteiger charge is 2.02. The highest BCUT2D eigenvalue weighted by atomic mass is 15.1. The molecule has 1 aromatic rings. The summed E-state index contributed by atoms with van der Waals surface area (Å²) >= 11 is 0. The third-order valence-electron chi connectivity index (χ3n) is 1.62. The molecule has 0 saturated carbocycles. The van der Waals surface area contributed by atoms with Gasteiger partial charge >= 0.3 is 0 Å². The second-order valence-corrected chi connectivity index (χ2v) is 2.33. The van der Waals surface area contributed by atoms with Gasteiger partial charge in [0.1, 0.15) is 5.82 Å². The van der Waals surface area contributed by atoms with E-state index in [1.165, 1.54) is 4.57 Å². The van der Waals surface area contributed by atoms with Crippen LogP contribution in [0, 0.1) is 11.5 Å². The lowest BCUT2D eigenvalue weighted by Crippen LogP contribution is -1.93. The van der Waals surface area contributed by atoms with E-state index in [2.05, 4.69) is 11.2 Å². The molecule has 0 aliphatic carbocycles. The van der Waals surface area contributed by atoms with E-state index in [0.29, 0.717) is 0 Å². The van der Waals surface area contributed by atoms with E-state index in [4.69, 9.17) is 5.26 Å². The molecule has 0 saturated heterocycles. The smallest absolute Gasteiger partial charge is 0.189 e. The van der Waals surface area contributed by atoms with Crippen molar-refractivity contribution in [2.24, 2.45) is 0 Å². The van der Waals surface area contributed by atoms with Crippen LogP contribution in [0.5, 0.6) is 0 Å². The van der Waals surface area contributed by atoms with Gasteiger partial charge in [-0.05, 0) is 6.42 Å². The van der Waals surface area contributed by atoms with Crippen molar-refractivity contribution in [1.82, 2.24) is 9.55 Å². The minimum absolute atomic E-state index is 0.813. The first-order chi connectivity index (χ1) is 5.31. The van der Waals surface area contributed by atoms with Gasteiger partial charge in [-0.15, -0.1) is 0 Å². The Balaban J connectivity index is 3.05. The van der Waals surface area contributed by atoms with E-state index in [-0.39, 0.29) is 0 Å². The van der Waals surface area contributed by atoms with Gasteiger partial charge in [0.05, 0.1) is 5.69 Å². The van der Waals surface area contributed by atoms with Gasteiger partial charge in [0, 0.05) is 12.6 Å². The molecule has 0 unspecified atom stereocenters. The van der Waals surface area contributed by atoms with E-state index >= 15 is 0 Å². The van der Waals surface area contributed by atoms with Crippen LogP contribution >= 0.6 is 0 Å². The van der Waals surface area contributed by atoms with Crippen LogP contribution < -0.4 is 0 Å². The summed E-state index contributed by atoms with van der Waals surface area (Å²) in [5, 5.41) is 8.63. The van der Waals surface area contributed by atoms with Crippen molar-refractivity contribution in [2.45, 2.75) is 26.7 Å². The summed E-state index contributed by atoms with van der Waals surface area (Å²) in [7, 11) is 0. The zero-order chi connectivity index (χ0) is 8.27. The lowest BCUT2D eigenvalue weighted by atomic mass is 10.4. The molecule has 0 bridgehead atoms. The first-order valence-electron chi connectivity index (χ1n) is 3.79. The van der Waals surface area contributed by atoms with Crippen molar-refractivity contribution in [2.75, 3.05) is 0 Å². The highest BCUT2D eigenvalue weighted by Crippen LogP contribution is 2.02. The molecule has 0 spiro atoms. The van der Waals surface area contributed by atoms with Gasteiger partial charge in [-0.3, -0.25) is 0 Å². The maximum atomic E-state index is 8.63. The zero-order valence-electron chi connectivity index (χ0n) is 6.83. The van der Waals surface area contributed by atoms with Crippen LogP contribution in [0.3, 0.4) is 0 Å². The largest absolute Gasteiger partial charge is 0.240 e. The summed E-state index contributed by atoms with van der Waals surface area (Å²) in [5.41, 5.74) is 0.989. The molecular formula is C8H11N3. The van der Waals surface area contributed by atoms with Gasteiger partial charge in [-0.1, -0.05) is 13.8 Å². The Bertz CT molecular complexity index is 280. The third-order valence-corrected chi connectivity index (χ3v) is 1.62. The van der Waals surface area contributed by atoms with E-state index in [9.17, 15) is 0 Å². The van der Waals surface area contributed by atoms with E-state index in [1.807, 2.05) is 13.8 Å². The summed E-state index contributed by atoms with van der Waals surface area (Å²) < 4.78 is 1.53. The van der Waals surface area contributed by atoms with Crippen LogP contribution in [-0.2, 0) is 12.8 Å². The zero-order valence-corrected chi connectivity index (χ0v) is 6.83. The summed E-state index contributed by atoms with van der Waals surface area (Å²) in [6.45, 7) is 4.03. The molecular weight excluding hydrogens is 138 g/mol. The summed E-state index contributed by atoms with van der Waals surface area (Å²) in [6, 6.07) is 0. The van der Waals surface area contributed by atoms with Gasteiger partial charge in [0.15, 0.2) is 6.19 Å². The SMILES string of the molecule is CCc1cn(C#N)c(CC)n1. The minimum Gasteiger partial charge on any atom is -0.240 e. The molecule has 3 heteroatoms. The number of aromatic nitrogens is 2. The first kappa shape index (κ1) is 7.80. The van der Waals surface area contributed by atoms with E-state index in [0.717, 1.165) is 24.4 Å². The molecule has 58 valence electrons. The fourth-order valence-corrected chi connectivity index (χ4v) is 0.978. The van der Waals surface area contributed by atoms with Crippen LogP contribution in [0.15, 0.2) is 6.20 Å². The number of hydrogen-bond acceptors (Lipinski definition) is 2. The van der Waals surface area contributed by atoms with Crippen molar-refractivity contribution < 1.29 is 0 Å². The molecule has 1 aromatic heterocycles. The van der Waals surface area contributed by atoms with Crippen molar-refractivity contribution in [3.63, 3.8) is 0 Å². The topological polar surface area (TPSA) is 41.6 Å². The van der Waals surface area contributed by atoms with Crippen molar-refractivity contribution in [3.05, 3.63) is 17.7 Å². The van der Waals surface area contributed by atoms with Crippen molar-refractivity contribution in [3.8, 4) is 6.19 Å². The molecule has 0 amide bonds. The Morgan fingerprint density at radius 3 is 2.64 bits per heavy atom. The Morgan fingerprint density at radius 1 is 1.55 bits per heavy atom. The Morgan fingerprint density at radius 2 is 2.27 bits per heavy atom. The lowest BCUT2D eigenvalue weighted by molar-refractivity contribution is 0.897. The van der Waals surface area contributed by atoms with Gasteiger partial charge in [0.2, 0.25) is 0 Å². The fraction of sp³-hybridized carbons (Fsp3) is 0.500. The molecule has 0 fully saturated rings. The van der Waals surface area contributed by atoms with E-state index < -0.39 is 0 Å². The maximum Gasteiger partial charge on any atom is 0.189 e. The highest BCUT2D eigenvalue weighted by molar-refractivity contribution is 5.08. The Kier molecular flexibility index (Phi) is 2.27. The monoisotopic (exact) mass is 149 g/mol. The van der Waals surface area contributed by atoms with Crippen LogP contribution in [0.2, 0.25) is 0 Å². The molecule has 1 heterocycles. The maximum absolute atomic E-state index is 8.63. The van der Waals surface area contributed by atoms with E-state index in [1.54, 1.807) is 6.20 Å². The molecule has 0 aromatic carbocycles. The summed E-state index contributed by atoms with van der Waals surface area (Å²) in [5.74, 6) is 0.851. The first-order valence-corrected chi connectivity index (χ1v) is 3.79. The standard InChI is InChI=1S/C8H11N3/c1-3-7-5-11(6-9)8(4-2)10-7/h5H,3-4H2,1-2H3. The van der Waals surface area contributed by atoms with Gasteiger partial charge in [-0.25, -0.2) is 9.55 Å². The number of nitriles is 1. The second-order valence-electron chi connectivity index (χ2n) is 2.33. The average Bonchev–Trinajstić information content (AvgIpc) is 2.46. The molecule has 11 heavy (non-hydrogen) atoms. The normalized spacial score (nSPS) is 9.55. The molecule has 0 radical (unpaired) electrons. The van der Waals surface area contributed by atoms with Gasteiger partial charge < -0.3 is 0 Å². The van der Waals surface area contributed by atoms with Crippen LogP contribution in [0.1, 0.15) is 25.4 Å². The molecule has 0 aliphatic rings. The number of aryl methyl sites for hydroxylation is 2. The minimum atomic E-state index is 0.813. The molecule has 0 N–H and O–H groups in total. The van der Waals surface area contributed by atoms with Crippen LogP contribution in [0.4, 0.5) is 0 Å². The molecule has 0 aliphatic heterocycles. The fourth-order valence-electron chi connectivity index (χ4n) is 0.978. The second kappa shape index (κ2) is 3.20. The summed E-state index contributed by atoms with van der Waals surface area (Å²) in [6.07, 6.45) is 5.55. The van der Waals surface area contributed by atoms with Crippen LogP contribution in [0.25, 0.3) is 0 Å². The number of hydrogen-bond donors (Lipinski definition) is 0. The number of nitrogens with zero attached hydrogens (tertiary/aromatic N) is 3. The van der Waals surface area contributed by atoms with Crippen LogP contribution in [-0.4, -0.2) is 9.55 Å². The van der Waals surface area contributed by atoms with Gasteiger partial charge in [-0.2, -0.15) is 5.26 Å². The number of rotatable bonds is 2. The number of imidazole rings is 1. The molecule has 1 rings (SSSR count). The third kappa shape index (κ3) is 1.40. The Hall–Kier alpha value is -1.30. The summed E-state index contributed by atoms with van der Waals surface area (Å²) in [4.78, 5) is 4.26. The Labute approximate surface area is 66.3 Å². The van der Waals surface area contributed by atoms with Gasteiger partial charge in [0.25, 0.3) is 0 Å². The predicted molar refractivity (Wildman–Crippen MR) is 42.0 cm³/mol. The average molecular weight is 149 g/mol. The predicted octanol–water partition coefficient (Wildman–Crippen LogP) is 1.34. The van der Waals surface area contributed by atoms with Crippen molar-refractivity contribution in [1.29, 1.82) is 5.26 Å². The van der Waals surface area contributed by atoms with Crippen molar-refractivity contribution >= 4 is 0 Å². The quantitative estimate of drug-likeness (QED) is 0.636.